The van der Waals surface area contributed by atoms with Crippen LogP contribution in [-0.2, 0) is 4.79 Å². The van der Waals surface area contributed by atoms with E-state index in [1.165, 1.54) is 0 Å². The predicted molar refractivity (Wildman–Crippen MR) is 88.1 cm³/mol. The van der Waals surface area contributed by atoms with Gasteiger partial charge in [-0.25, -0.2) is 0 Å². The fourth-order valence-corrected chi connectivity index (χ4v) is 1.90. The quantitative estimate of drug-likeness (QED) is 0.183. The van der Waals surface area contributed by atoms with Crippen LogP contribution in [0.15, 0.2) is 0 Å². The maximum Gasteiger partial charge on any atom is 0.237 e. The molecule has 0 aromatic heterocycles. The Hall–Kier alpha value is -0.340. The van der Waals surface area contributed by atoms with Crippen molar-refractivity contribution >= 4 is 18.5 Å². The van der Waals surface area contributed by atoms with Crippen LogP contribution in [0.4, 0.5) is 0 Å². The molecule has 0 heterocycles. The van der Waals surface area contributed by atoms with Crippen LogP contribution in [0.3, 0.4) is 0 Å². The zero-order valence-electron chi connectivity index (χ0n) is 12.4. The lowest BCUT2D eigenvalue weighted by Gasteiger charge is -2.18. The lowest BCUT2D eigenvalue weighted by atomic mass is 10.1. The first-order valence-electron chi connectivity index (χ1n) is 7.49. The number of carbonyl (C=O) groups is 1. The summed E-state index contributed by atoms with van der Waals surface area (Å²) < 4.78 is 0. The second kappa shape index (κ2) is 15.1. The predicted octanol–water partition coefficient (Wildman–Crippen LogP) is -0.942. The number of hydrogen-bond acceptors (Lipinski definition) is 6. The molecular formula is C13H31N5OS. The lowest BCUT2D eigenvalue weighted by Crippen LogP contribution is -2.45. The van der Waals surface area contributed by atoms with E-state index < -0.39 is 0 Å². The minimum atomic E-state index is -0.141. The molecule has 1 amide bonds. The third kappa shape index (κ3) is 11.5. The summed E-state index contributed by atoms with van der Waals surface area (Å²) in [6.45, 7) is 4.57. The molecule has 0 aliphatic carbocycles. The van der Waals surface area contributed by atoms with Crippen LogP contribution in [-0.4, -0.2) is 57.0 Å². The van der Waals surface area contributed by atoms with E-state index in [-0.39, 0.29) is 11.9 Å². The highest BCUT2D eigenvalue weighted by atomic mass is 32.1. The van der Waals surface area contributed by atoms with Crippen molar-refractivity contribution in [1.29, 1.82) is 0 Å². The molecule has 0 aliphatic heterocycles. The normalized spacial score (nSPS) is 12.3. The van der Waals surface area contributed by atoms with Gasteiger partial charge in [0, 0.05) is 12.3 Å². The summed E-state index contributed by atoms with van der Waals surface area (Å²) in [4.78, 5) is 12.0. The van der Waals surface area contributed by atoms with Crippen molar-refractivity contribution in [3.63, 3.8) is 0 Å². The number of nitrogens with two attached hydrogens (primary N) is 2. The number of amides is 1. The Bertz CT molecular complexity index is 231. The van der Waals surface area contributed by atoms with Gasteiger partial charge in [0.25, 0.3) is 0 Å². The Morgan fingerprint density at radius 1 is 1.00 bits per heavy atom. The third-order valence-electron chi connectivity index (χ3n) is 2.90. The molecule has 7 heteroatoms. The van der Waals surface area contributed by atoms with E-state index in [1.54, 1.807) is 0 Å². The van der Waals surface area contributed by atoms with Crippen LogP contribution < -0.4 is 27.4 Å². The molecule has 1 atom stereocenters. The van der Waals surface area contributed by atoms with Crippen LogP contribution in [0.25, 0.3) is 0 Å². The molecule has 0 fully saturated rings. The molecule has 120 valence electrons. The maximum atomic E-state index is 12.0. The van der Waals surface area contributed by atoms with Gasteiger partial charge < -0.3 is 27.4 Å². The van der Waals surface area contributed by atoms with Gasteiger partial charge in [-0.05, 0) is 58.4 Å². The molecule has 0 aromatic rings. The van der Waals surface area contributed by atoms with Crippen LogP contribution in [0.1, 0.15) is 25.7 Å². The first-order valence-corrected chi connectivity index (χ1v) is 8.12. The Balaban J connectivity index is 3.87. The highest BCUT2D eigenvalue weighted by Crippen LogP contribution is 1.98. The Kier molecular flexibility index (Phi) is 14.8. The zero-order valence-corrected chi connectivity index (χ0v) is 13.3. The summed E-state index contributed by atoms with van der Waals surface area (Å²) in [6, 6.07) is -0.141. The molecule has 0 rings (SSSR count). The highest BCUT2D eigenvalue weighted by molar-refractivity contribution is 7.80. The molecule has 0 bridgehead atoms. The summed E-state index contributed by atoms with van der Waals surface area (Å²) in [5, 5.41) is 9.46. The smallest absolute Gasteiger partial charge is 0.237 e. The second-order valence-electron chi connectivity index (χ2n) is 4.70. The molecule has 0 aromatic carbocycles. The monoisotopic (exact) mass is 305 g/mol. The summed E-state index contributed by atoms with van der Waals surface area (Å²) in [5.74, 6) is 0.708. The van der Waals surface area contributed by atoms with Gasteiger partial charge in [-0.15, -0.1) is 0 Å². The maximum absolute atomic E-state index is 12.0. The number of rotatable bonds is 14. The first kappa shape index (κ1) is 19.7. The van der Waals surface area contributed by atoms with E-state index in [4.69, 9.17) is 11.5 Å². The van der Waals surface area contributed by atoms with Crippen LogP contribution in [0, 0.1) is 0 Å². The van der Waals surface area contributed by atoms with E-state index >= 15 is 0 Å². The van der Waals surface area contributed by atoms with E-state index in [2.05, 4.69) is 28.6 Å². The number of thiol groups is 1. The molecule has 1 unspecified atom stereocenters. The molecule has 0 spiro atoms. The van der Waals surface area contributed by atoms with Gasteiger partial charge in [0.1, 0.15) is 0 Å². The van der Waals surface area contributed by atoms with E-state index in [9.17, 15) is 4.79 Å². The van der Waals surface area contributed by atoms with Crippen molar-refractivity contribution in [3.05, 3.63) is 0 Å². The van der Waals surface area contributed by atoms with Gasteiger partial charge in [-0.1, -0.05) is 0 Å². The van der Waals surface area contributed by atoms with Gasteiger partial charge in [0.15, 0.2) is 0 Å². The molecule has 6 nitrogen and oxygen atoms in total. The van der Waals surface area contributed by atoms with Crippen LogP contribution in [0.2, 0.25) is 0 Å². The Labute approximate surface area is 128 Å². The van der Waals surface area contributed by atoms with Crippen LogP contribution in [0.5, 0.6) is 0 Å². The lowest BCUT2D eigenvalue weighted by molar-refractivity contribution is -0.123. The minimum absolute atomic E-state index is 0.0537. The number of nitrogens with one attached hydrogen (secondary N) is 3. The molecule has 7 N–H and O–H groups in total. The number of carbonyl (C=O) groups excluding carboxylic acids is 1. The van der Waals surface area contributed by atoms with Crippen molar-refractivity contribution in [1.82, 2.24) is 16.0 Å². The van der Waals surface area contributed by atoms with Gasteiger partial charge in [-0.3, -0.25) is 4.79 Å². The number of hydrogen-bond donors (Lipinski definition) is 6. The van der Waals surface area contributed by atoms with E-state index in [0.29, 0.717) is 25.4 Å². The van der Waals surface area contributed by atoms with Crippen molar-refractivity contribution in [2.75, 3.05) is 45.0 Å². The van der Waals surface area contributed by atoms with Crippen molar-refractivity contribution in [3.8, 4) is 0 Å². The average Bonchev–Trinajstić information content (AvgIpc) is 2.46. The SMILES string of the molecule is NCCCNCCCC(NCCCN)C(=O)NCCS. The van der Waals surface area contributed by atoms with E-state index in [1.807, 2.05) is 0 Å². The fourth-order valence-electron chi connectivity index (χ4n) is 1.79. The van der Waals surface area contributed by atoms with Gasteiger partial charge in [0.05, 0.1) is 6.04 Å². The van der Waals surface area contributed by atoms with Gasteiger partial charge >= 0.3 is 0 Å². The molecule has 0 saturated carbocycles. The van der Waals surface area contributed by atoms with Crippen molar-refractivity contribution in [2.24, 2.45) is 11.5 Å². The Morgan fingerprint density at radius 3 is 2.30 bits per heavy atom. The first-order chi connectivity index (χ1) is 9.76. The van der Waals surface area contributed by atoms with Gasteiger partial charge in [-0.2, -0.15) is 12.6 Å². The topological polar surface area (TPSA) is 105 Å². The zero-order chi connectivity index (χ0) is 15.1. The molecule has 0 radical (unpaired) electrons. The van der Waals surface area contributed by atoms with Crippen molar-refractivity contribution in [2.45, 2.75) is 31.7 Å². The van der Waals surface area contributed by atoms with E-state index in [0.717, 1.165) is 45.3 Å². The van der Waals surface area contributed by atoms with Gasteiger partial charge in [0.2, 0.25) is 5.91 Å². The minimum Gasteiger partial charge on any atom is -0.354 e. The third-order valence-corrected chi connectivity index (χ3v) is 3.13. The second-order valence-corrected chi connectivity index (χ2v) is 5.15. The summed E-state index contributed by atoms with van der Waals surface area (Å²) in [5.41, 5.74) is 10.9. The fraction of sp³-hybridized carbons (Fsp3) is 0.923. The molecule has 20 heavy (non-hydrogen) atoms. The molecule has 0 saturated heterocycles. The Morgan fingerprint density at radius 2 is 1.65 bits per heavy atom. The largest absolute Gasteiger partial charge is 0.354 e. The molecular weight excluding hydrogens is 274 g/mol. The summed E-state index contributed by atoms with van der Waals surface area (Å²) in [7, 11) is 0. The average molecular weight is 305 g/mol. The van der Waals surface area contributed by atoms with Crippen molar-refractivity contribution < 1.29 is 4.79 Å². The standard InChI is InChI=1S/C13H31N5OS/c14-5-2-8-16-7-1-4-12(17-9-3-6-15)13(19)18-10-11-20/h12,16-17,20H,1-11,14-15H2,(H,18,19). The van der Waals surface area contributed by atoms with Crippen LogP contribution >= 0.6 is 12.6 Å². The molecule has 0 aliphatic rings. The summed E-state index contributed by atoms with van der Waals surface area (Å²) >= 11 is 4.10. The summed E-state index contributed by atoms with van der Waals surface area (Å²) in [6.07, 6.45) is 3.64. The highest BCUT2D eigenvalue weighted by Gasteiger charge is 2.16.